The molecule has 0 bridgehead atoms. The Morgan fingerprint density at radius 3 is 0.796 bits per heavy atom. The fourth-order valence-electron chi connectivity index (χ4n) is 5.04. The topological polar surface area (TPSA) is 197 Å². The van der Waals surface area contributed by atoms with Crippen molar-refractivity contribution in [1.29, 1.82) is 0 Å². The Morgan fingerprint density at radius 1 is 0.469 bits per heavy atom. The van der Waals surface area contributed by atoms with Gasteiger partial charge in [-0.1, -0.05) is 0 Å². The Morgan fingerprint density at radius 2 is 0.653 bits per heavy atom. The van der Waals surface area contributed by atoms with Gasteiger partial charge in [0.05, 0.1) is 0 Å². The van der Waals surface area contributed by atoms with E-state index in [1.165, 1.54) is 13.8 Å². The minimum absolute atomic E-state index is 0. The van der Waals surface area contributed by atoms with Gasteiger partial charge in [-0.25, -0.2) is 0 Å². The Bertz CT molecular complexity index is 1200. The van der Waals surface area contributed by atoms with E-state index in [1.54, 1.807) is 24.3 Å². The number of hydrogen-bond acceptors (Lipinski definition) is 10. The summed E-state index contributed by atoms with van der Waals surface area (Å²) in [6.07, 6.45) is -1.46. The molecule has 0 amide bonds. The van der Waals surface area contributed by atoms with Crippen LogP contribution in [0.25, 0.3) is 0 Å². The van der Waals surface area contributed by atoms with Gasteiger partial charge in [-0.15, -0.1) is 0 Å². The van der Waals surface area contributed by atoms with E-state index in [-0.39, 0.29) is 138 Å². The fourth-order valence-corrected chi connectivity index (χ4v) is 7.78. The molecule has 0 unspecified atom stereocenters. The third-order valence-electron chi connectivity index (χ3n) is 7.21. The molecule has 2 N–H and O–H groups in total. The predicted octanol–water partition coefficient (Wildman–Crippen LogP) is 2.49. The maximum atomic E-state index is 12.0. The van der Waals surface area contributed by atoms with Crippen LogP contribution in [0.15, 0.2) is 24.3 Å². The van der Waals surface area contributed by atoms with Crippen molar-refractivity contribution in [3.63, 3.8) is 0 Å². The number of benzene rings is 2. The van der Waals surface area contributed by atoms with Crippen molar-refractivity contribution in [3.8, 4) is 11.5 Å². The first-order valence-electron chi connectivity index (χ1n) is 15.5. The average molecular weight is 807 g/mol. The van der Waals surface area contributed by atoms with Crippen LogP contribution < -0.4 is 29.4 Å². The first-order valence-corrected chi connectivity index (χ1v) is 19.7. The zero-order valence-electron chi connectivity index (χ0n) is 32.3. The molecule has 2 rings (SSSR count). The molecule has 0 aromatic heterocycles. The van der Waals surface area contributed by atoms with Crippen molar-refractivity contribution >= 4 is 128 Å². The van der Waals surface area contributed by atoms with Crippen molar-refractivity contribution in [1.82, 2.24) is 0 Å². The number of rotatable bonds is 8. The summed E-state index contributed by atoms with van der Waals surface area (Å²) in [5, 5.41) is 21.2. The molecule has 2 aromatic carbocycles. The zero-order chi connectivity index (χ0) is 36.6. The molecular formula is C34H56Ca3O10P2. The van der Waals surface area contributed by atoms with Crippen molar-refractivity contribution in [3.05, 3.63) is 57.6 Å². The first-order chi connectivity index (χ1) is 20.1. The van der Waals surface area contributed by atoms with Gasteiger partial charge in [0.25, 0.3) is 0 Å². The van der Waals surface area contributed by atoms with Gasteiger partial charge in [0, 0.05) is 0 Å². The van der Waals surface area contributed by atoms with Crippen LogP contribution >= 0.6 is 15.0 Å². The van der Waals surface area contributed by atoms with Crippen LogP contribution in [0.4, 0.5) is 0 Å². The SMILES string of the molecule is CCOP([O-])([O-])([O-])Cc1cc(C(C)(C)C)c(O)c(C(C)(C)C)c1.CCOP([O-])([O-])([O-])Cc1cc(C(C)(C)C)c(O)c(C(C)(C)C)c1.[Ca+2].[Ca+2].[Ca+2]. The van der Waals surface area contributed by atoms with Gasteiger partial charge in [-0.2, -0.15) is 0 Å². The maximum Gasteiger partial charge on any atom is 2.00 e. The summed E-state index contributed by atoms with van der Waals surface area (Å²) in [4.78, 5) is 71.9. The van der Waals surface area contributed by atoms with E-state index in [2.05, 4.69) is 9.05 Å². The third kappa shape index (κ3) is 18.2. The predicted molar refractivity (Wildman–Crippen MR) is 193 cm³/mol. The van der Waals surface area contributed by atoms with Gasteiger partial charge in [0.1, 0.15) is 0 Å². The van der Waals surface area contributed by atoms with Gasteiger partial charge in [-0.05, 0) is 0 Å². The average Bonchev–Trinajstić information content (AvgIpc) is 2.77. The van der Waals surface area contributed by atoms with Crippen LogP contribution in [0.5, 0.6) is 11.5 Å². The number of phenolic OH excluding ortho intramolecular Hbond substituents is 2. The second-order valence-corrected chi connectivity index (χ2v) is 21.2. The molecule has 2 aromatic rings. The van der Waals surface area contributed by atoms with Crippen molar-refractivity contribution in [2.24, 2.45) is 0 Å². The van der Waals surface area contributed by atoms with E-state index in [0.717, 1.165) is 0 Å². The van der Waals surface area contributed by atoms with Crippen LogP contribution in [0.1, 0.15) is 130 Å². The summed E-state index contributed by atoms with van der Waals surface area (Å²) in [7, 11) is -11.9. The molecule has 0 atom stereocenters. The molecule has 0 saturated heterocycles. The van der Waals surface area contributed by atoms with E-state index in [9.17, 15) is 39.6 Å². The molecule has 0 heterocycles. The molecule has 0 aliphatic rings. The Labute approximate surface area is 384 Å². The largest absolute Gasteiger partial charge is 2.00 e. The second kappa shape index (κ2) is 19.0. The molecule has 15 heteroatoms. The summed E-state index contributed by atoms with van der Waals surface area (Å²) < 4.78 is 9.01. The molecule has 0 aliphatic carbocycles. The molecule has 10 nitrogen and oxygen atoms in total. The molecule has 268 valence electrons. The second-order valence-electron chi connectivity index (χ2n) is 16.2. The summed E-state index contributed by atoms with van der Waals surface area (Å²) in [6.45, 7) is 25.6. The van der Waals surface area contributed by atoms with Crippen LogP contribution in [0.2, 0.25) is 0 Å². The Hall–Kier alpha value is 2.36. The minimum Gasteiger partial charge on any atom is 2.00 e. The van der Waals surface area contributed by atoms with Crippen LogP contribution in [-0.2, 0) is 43.0 Å². The number of phenols is 2. The van der Waals surface area contributed by atoms with E-state index < -0.39 is 49.0 Å². The quantitative estimate of drug-likeness (QED) is 0.296. The van der Waals surface area contributed by atoms with Crippen LogP contribution in [0, 0.1) is 0 Å². The normalized spacial score (nSPS) is 14.4. The standard InChI is InChI=1S/2C17H28O5P.3Ca/c2*1-8-22-23(19,20,21)11-12-9-13(16(2,3)4)15(18)14(10-12)17(5,6)7;;;/h2*9-10,18H,8,11H2,1-7H3;;;/q2*-3;3*+2. The van der Waals surface area contributed by atoms with Gasteiger partial charge >= 0.3 is 390 Å². The van der Waals surface area contributed by atoms with Crippen molar-refractivity contribution < 1.29 is 48.6 Å². The van der Waals surface area contributed by atoms with E-state index >= 15 is 0 Å². The molecule has 0 saturated carbocycles. The Balaban J connectivity index is -0.000000814. The molecule has 0 spiro atoms. The van der Waals surface area contributed by atoms with Gasteiger partial charge in [0.15, 0.2) is 0 Å². The summed E-state index contributed by atoms with van der Waals surface area (Å²) in [5.74, 6) is 0.293. The van der Waals surface area contributed by atoms with E-state index in [1.807, 2.05) is 83.1 Å². The summed E-state index contributed by atoms with van der Waals surface area (Å²) >= 11 is 0. The minimum atomic E-state index is -5.93. The smallest absolute Gasteiger partial charge is 2.00 e. The Kier molecular flexibility index (Phi) is 21.6. The number of aromatic hydroxyl groups is 2. The van der Waals surface area contributed by atoms with E-state index in [4.69, 9.17) is 0 Å². The van der Waals surface area contributed by atoms with Gasteiger partial charge in [0.2, 0.25) is 0 Å². The molecule has 0 radical (unpaired) electrons. The van der Waals surface area contributed by atoms with Crippen molar-refractivity contribution in [2.75, 3.05) is 13.2 Å². The third-order valence-corrected chi connectivity index (χ3v) is 10.5. The van der Waals surface area contributed by atoms with Crippen molar-refractivity contribution in [2.45, 2.75) is 131 Å². The summed E-state index contributed by atoms with van der Waals surface area (Å²) in [5.41, 5.74) is 1.56. The fraction of sp³-hybridized carbons (Fsp3) is 0.647. The molecule has 0 fully saturated rings. The maximum absolute atomic E-state index is 12.0. The molecule has 0 aliphatic heterocycles. The monoisotopic (exact) mass is 806 g/mol. The molecular weight excluding hydrogens is 751 g/mol. The van der Waals surface area contributed by atoms with Crippen LogP contribution in [-0.4, -0.2) is 137 Å². The molecule has 49 heavy (non-hydrogen) atoms. The first kappa shape index (κ1) is 55.7. The van der Waals surface area contributed by atoms with Crippen LogP contribution in [0.3, 0.4) is 0 Å². The van der Waals surface area contributed by atoms with E-state index in [0.29, 0.717) is 33.4 Å². The summed E-state index contributed by atoms with van der Waals surface area (Å²) in [6, 6.07) is 6.33. The van der Waals surface area contributed by atoms with Gasteiger partial charge in [-0.3, -0.25) is 0 Å². The van der Waals surface area contributed by atoms with Gasteiger partial charge < -0.3 is 0 Å². The zero-order valence-corrected chi connectivity index (χ0v) is 40.7. The number of hydrogen-bond donors (Lipinski definition) is 2.